The molecular weight excluding hydrogens is 366 g/mol. The van der Waals surface area contributed by atoms with E-state index >= 15 is 0 Å². The Morgan fingerprint density at radius 1 is 0.828 bits per heavy atom. The van der Waals surface area contributed by atoms with E-state index in [2.05, 4.69) is 15.6 Å². The number of para-hydroxylation sites is 2. The number of aromatic amines is 1. The van der Waals surface area contributed by atoms with E-state index in [1.807, 2.05) is 24.3 Å². The third kappa shape index (κ3) is 3.96. The second-order valence-electron chi connectivity index (χ2n) is 6.46. The van der Waals surface area contributed by atoms with Crippen molar-refractivity contribution in [2.45, 2.75) is 0 Å². The highest BCUT2D eigenvalue weighted by molar-refractivity contribution is 6.12. The molecule has 1 heterocycles. The topological polar surface area (TPSA) is 83.2 Å². The van der Waals surface area contributed by atoms with Crippen molar-refractivity contribution in [1.29, 1.82) is 0 Å². The normalized spacial score (nSPS) is 10.5. The molecule has 0 fully saturated rings. The minimum absolute atomic E-state index is 0.317. The summed E-state index contributed by atoms with van der Waals surface area (Å²) in [6, 6.07) is 23.4. The molecule has 0 aliphatic carbocycles. The molecule has 0 saturated heterocycles. The zero-order valence-corrected chi connectivity index (χ0v) is 15.7. The van der Waals surface area contributed by atoms with Crippen molar-refractivity contribution in [1.82, 2.24) is 4.98 Å². The average molecular weight is 385 g/mol. The van der Waals surface area contributed by atoms with Crippen LogP contribution in [0.1, 0.15) is 20.8 Å². The molecule has 29 heavy (non-hydrogen) atoms. The summed E-state index contributed by atoms with van der Waals surface area (Å²) in [6.07, 6.45) is 0. The number of ether oxygens (including phenoxy) is 1. The number of hydrogen-bond acceptors (Lipinski definition) is 3. The van der Waals surface area contributed by atoms with Crippen molar-refractivity contribution in [2.75, 3.05) is 17.7 Å². The lowest BCUT2D eigenvalue weighted by Crippen LogP contribution is -2.18. The van der Waals surface area contributed by atoms with Crippen LogP contribution >= 0.6 is 0 Å². The number of carbonyl (C=O) groups excluding carboxylic acids is 2. The van der Waals surface area contributed by atoms with E-state index in [0.717, 1.165) is 10.9 Å². The second kappa shape index (κ2) is 7.90. The lowest BCUT2D eigenvalue weighted by molar-refractivity contribution is 0.102. The fraction of sp³-hybridized carbons (Fsp3) is 0.0435. The summed E-state index contributed by atoms with van der Waals surface area (Å²) in [5, 5.41) is 6.60. The van der Waals surface area contributed by atoms with Gasteiger partial charge in [0.2, 0.25) is 0 Å². The van der Waals surface area contributed by atoms with E-state index in [1.165, 1.54) is 0 Å². The van der Waals surface area contributed by atoms with E-state index in [4.69, 9.17) is 4.74 Å². The van der Waals surface area contributed by atoms with Crippen LogP contribution in [0.2, 0.25) is 0 Å². The van der Waals surface area contributed by atoms with E-state index in [1.54, 1.807) is 61.7 Å². The molecule has 6 heteroatoms. The number of nitrogens with one attached hydrogen (secondary N) is 3. The number of carbonyl (C=O) groups is 2. The number of aromatic nitrogens is 1. The van der Waals surface area contributed by atoms with Crippen molar-refractivity contribution >= 4 is 34.1 Å². The van der Waals surface area contributed by atoms with Gasteiger partial charge < -0.3 is 20.4 Å². The maximum Gasteiger partial charge on any atom is 0.272 e. The standard InChI is InChI=1S/C23H19N3O3/c1-29-17-9-6-8-16(14-17)24-22(27)18-10-3-5-12-20(18)26-23(28)21-13-15-7-2-4-11-19(15)25-21/h2-14,25H,1H3,(H,24,27)(H,26,28). The number of amides is 2. The zero-order chi connectivity index (χ0) is 20.2. The van der Waals surface area contributed by atoms with E-state index in [-0.39, 0.29) is 11.8 Å². The Morgan fingerprint density at radius 3 is 2.45 bits per heavy atom. The molecule has 0 unspecified atom stereocenters. The van der Waals surface area contributed by atoms with Crippen LogP contribution in [0.4, 0.5) is 11.4 Å². The van der Waals surface area contributed by atoms with Gasteiger partial charge in [0.05, 0.1) is 18.4 Å². The molecule has 0 radical (unpaired) electrons. The molecule has 6 nitrogen and oxygen atoms in total. The summed E-state index contributed by atoms with van der Waals surface area (Å²) in [5.74, 6) is -0.00294. The summed E-state index contributed by atoms with van der Waals surface area (Å²) < 4.78 is 5.18. The maximum atomic E-state index is 12.8. The maximum absolute atomic E-state index is 12.8. The highest BCUT2D eigenvalue weighted by atomic mass is 16.5. The third-order valence-corrected chi connectivity index (χ3v) is 4.52. The predicted octanol–water partition coefficient (Wildman–Crippen LogP) is 4.68. The van der Waals surface area contributed by atoms with Crippen LogP contribution < -0.4 is 15.4 Å². The van der Waals surface area contributed by atoms with Gasteiger partial charge in [-0.15, -0.1) is 0 Å². The number of methoxy groups -OCH3 is 1. The summed E-state index contributed by atoms with van der Waals surface area (Å²) in [6.45, 7) is 0. The van der Waals surface area contributed by atoms with Crippen molar-refractivity contribution in [2.24, 2.45) is 0 Å². The van der Waals surface area contributed by atoms with E-state index in [9.17, 15) is 9.59 Å². The Balaban J connectivity index is 1.55. The number of anilines is 2. The molecule has 3 N–H and O–H groups in total. The minimum atomic E-state index is -0.328. The van der Waals surface area contributed by atoms with Crippen molar-refractivity contribution in [3.05, 3.63) is 90.1 Å². The van der Waals surface area contributed by atoms with Gasteiger partial charge in [0, 0.05) is 22.7 Å². The Labute approximate surface area is 167 Å². The first-order valence-corrected chi connectivity index (χ1v) is 9.07. The first kappa shape index (κ1) is 18.3. The van der Waals surface area contributed by atoms with Gasteiger partial charge in [0.15, 0.2) is 0 Å². The molecule has 0 bridgehead atoms. The molecule has 0 aliphatic heterocycles. The number of H-pyrrole nitrogens is 1. The van der Waals surface area contributed by atoms with Crippen LogP contribution in [0.25, 0.3) is 10.9 Å². The van der Waals surface area contributed by atoms with Crippen molar-refractivity contribution < 1.29 is 14.3 Å². The lowest BCUT2D eigenvalue weighted by Gasteiger charge is -2.11. The van der Waals surface area contributed by atoms with Gasteiger partial charge in [-0.2, -0.15) is 0 Å². The molecule has 1 aromatic heterocycles. The molecule has 3 aromatic carbocycles. The van der Waals surface area contributed by atoms with Crippen molar-refractivity contribution in [3.63, 3.8) is 0 Å². The van der Waals surface area contributed by atoms with Crippen LogP contribution in [0.15, 0.2) is 78.9 Å². The van der Waals surface area contributed by atoms with Crippen LogP contribution in [-0.2, 0) is 0 Å². The molecule has 0 spiro atoms. The van der Waals surface area contributed by atoms with Gasteiger partial charge in [0.25, 0.3) is 11.8 Å². The quantitative estimate of drug-likeness (QED) is 0.466. The Kier molecular flexibility index (Phi) is 4.99. The third-order valence-electron chi connectivity index (χ3n) is 4.52. The Bertz CT molecular complexity index is 1160. The number of rotatable bonds is 5. The zero-order valence-electron chi connectivity index (χ0n) is 15.7. The molecule has 144 valence electrons. The fourth-order valence-electron chi connectivity index (χ4n) is 3.07. The van der Waals surface area contributed by atoms with Gasteiger partial charge in [-0.3, -0.25) is 9.59 Å². The van der Waals surface area contributed by atoms with E-state index < -0.39 is 0 Å². The first-order valence-electron chi connectivity index (χ1n) is 9.07. The first-order chi connectivity index (χ1) is 14.1. The SMILES string of the molecule is COc1cccc(NC(=O)c2ccccc2NC(=O)c2cc3ccccc3[nH]2)c1. The Hall–Kier alpha value is -4.06. The van der Waals surface area contributed by atoms with Gasteiger partial charge in [0.1, 0.15) is 11.4 Å². The van der Waals surface area contributed by atoms with Crippen LogP contribution in [0.5, 0.6) is 5.75 Å². The molecule has 4 aromatic rings. The number of hydrogen-bond donors (Lipinski definition) is 3. The summed E-state index contributed by atoms with van der Waals surface area (Å²) in [7, 11) is 1.57. The van der Waals surface area contributed by atoms with Gasteiger partial charge in [-0.25, -0.2) is 0 Å². The molecule has 4 rings (SSSR count). The highest BCUT2D eigenvalue weighted by Gasteiger charge is 2.16. The largest absolute Gasteiger partial charge is 0.497 e. The molecule has 0 saturated carbocycles. The Morgan fingerprint density at radius 2 is 1.62 bits per heavy atom. The van der Waals surface area contributed by atoms with Crippen LogP contribution in [0.3, 0.4) is 0 Å². The van der Waals surface area contributed by atoms with Crippen LogP contribution in [0, 0.1) is 0 Å². The summed E-state index contributed by atoms with van der Waals surface area (Å²) in [5.41, 5.74) is 2.69. The van der Waals surface area contributed by atoms with Gasteiger partial charge >= 0.3 is 0 Å². The molecule has 0 aliphatic rings. The number of fused-ring (bicyclic) bond motifs is 1. The van der Waals surface area contributed by atoms with Gasteiger partial charge in [-0.05, 0) is 36.4 Å². The average Bonchev–Trinajstić information content (AvgIpc) is 3.19. The highest BCUT2D eigenvalue weighted by Crippen LogP contribution is 2.22. The fourth-order valence-corrected chi connectivity index (χ4v) is 3.07. The molecule has 0 atom stereocenters. The second-order valence-corrected chi connectivity index (χ2v) is 6.46. The number of benzene rings is 3. The van der Waals surface area contributed by atoms with Crippen molar-refractivity contribution in [3.8, 4) is 5.75 Å². The monoisotopic (exact) mass is 385 g/mol. The summed E-state index contributed by atoms with van der Waals surface area (Å²) >= 11 is 0. The summed E-state index contributed by atoms with van der Waals surface area (Å²) in [4.78, 5) is 28.6. The lowest BCUT2D eigenvalue weighted by atomic mass is 10.1. The van der Waals surface area contributed by atoms with E-state index in [0.29, 0.717) is 28.4 Å². The molecule has 2 amide bonds. The van der Waals surface area contributed by atoms with Crippen LogP contribution in [-0.4, -0.2) is 23.9 Å². The predicted molar refractivity (Wildman–Crippen MR) is 114 cm³/mol. The van der Waals surface area contributed by atoms with Gasteiger partial charge in [-0.1, -0.05) is 36.4 Å². The molecular formula is C23H19N3O3. The smallest absolute Gasteiger partial charge is 0.272 e. The minimum Gasteiger partial charge on any atom is -0.497 e.